The maximum absolute atomic E-state index is 13.6. The first kappa shape index (κ1) is 20.0. The number of carbonyl (C=O) groups is 1. The van der Waals surface area contributed by atoms with Crippen LogP contribution in [0.15, 0.2) is 67.3 Å². The molecule has 0 unspecified atom stereocenters. The number of benzene rings is 2. The second kappa shape index (κ2) is 8.57. The van der Waals surface area contributed by atoms with Gasteiger partial charge in [-0.2, -0.15) is 4.98 Å². The number of hydrogen-bond acceptors (Lipinski definition) is 5. The van der Waals surface area contributed by atoms with E-state index in [1.807, 2.05) is 0 Å². The molecule has 0 aliphatic heterocycles. The van der Waals surface area contributed by atoms with E-state index in [9.17, 15) is 13.6 Å². The molecular formula is C21H16F2N6O2. The van der Waals surface area contributed by atoms with Crippen LogP contribution in [0, 0.1) is 18.6 Å². The lowest BCUT2D eigenvalue weighted by molar-refractivity contribution is 0.262. The van der Waals surface area contributed by atoms with Crippen LogP contribution in [-0.2, 0) is 0 Å². The number of hydrogen-bond donors (Lipinski definition) is 2. The smallest absolute Gasteiger partial charge is 0.323 e. The summed E-state index contributed by atoms with van der Waals surface area (Å²) in [6.07, 6.45) is 5.01. The zero-order valence-electron chi connectivity index (χ0n) is 16.2. The summed E-state index contributed by atoms with van der Waals surface area (Å²) >= 11 is 0. The van der Waals surface area contributed by atoms with Crippen LogP contribution in [0.4, 0.5) is 25.0 Å². The third-order valence-corrected chi connectivity index (χ3v) is 4.11. The summed E-state index contributed by atoms with van der Waals surface area (Å²) in [6.45, 7) is 1.75. The molecule has 10 heteroatoms. The predicted molar refractivity (Wildman–Crippen MR) is 109 cm³/mol. The molecule has 0 fully saturated rings. The molecule has 0 saturated carbocycles. The lowest BCUT2D eigenvalue weighted by atomic mass is 10.3. The molecule has 0 atom stereocenters. The van der Waals surface area contributed by atoms with Crippen LogP contribution >= 0.6 is 0 Å². The van der Waals surface area contributed by atoms with E-state index in [-0.39, 0.29) is 0 Å². The van der Waals surface area contributed by atoms with Gasteiger partial charge in [0.1, 0.15) is 41.0 Å². The first-order chi connectivity index (χ1) is 15.0. The monoisotopic (exact) mass is 422 g/mol. The number of aryl methyl sites for hydroxylation is 1. The SMILES string of the molecule is Cc1nc(Oc2ccc(NC(=O)Nc3c(F)cccc3F)cc2)cc(-n2ccnc2)n1. The van der Waals surface area contributed by atoms with E-state index >= 15 is 0 Å². The lowest BCUT2D eigenvalue weighted by Crippen LogP contribution is -2.20. The second-order valence-corrected chi connectivity index (χ2v) is 6.38. The zero-order valence-corrected chi connectivity index (χ0v) is 16.2. The van der Waals surface area contributed by atoms with Crippen LogP contribution in [0.25, 0.3) is 5.82 Å². The topological polar surface area (TPSA) is 94.0 Å². The summed E-state index contributed by atoms with van der Waals surface area (Å²) in [5, 5.41) is 4.65. The Kier molecular flexibility index (Phi) is 5.52. The molecule has 0 bridgehead atoms. The van der Waals surface area contributed by atoms with Crippen molar-refractivity contribution in [3.05, 3.63) is 84.7 Å². The summed E-state index contributed by atoms with van der Waals surface area (Å²) in [7, 11) is 0. The van der Waals surface area contributed by atoms with Crippen molar-refractivity contribution in [1.29, 1.82) is 0 Å². The second-order valence-electron chi connectivity index (χ2n) is 6.38. The van der Waals surface area contributed by atoms with Gasteiger partial charge in [-0.15, -0.1) is 0 Å². The Morgan fingerprint density at radius 3 is 2.45 bits per heavy atom. The Balaban J connectivity index is 1.42. The van der Waals surface area contributed by atoms with E-state index in [0.29, 0.717) is 29.0 Å². The van der Waals surface area contributed by atoms with Gasteiger partial charge >= 0.3 is 6.03 Å². The summed E-state index contributed by atoms with van der Waals surface area (Å²) in [5.41, 5.74) is -0.118. The van der Waals surface area contributed by atoms with Crippen LogP contribution in [-0.4, -0.2) is 25.6 Å². The molecule has 8 nitrogen and oxygen atoms in total. The number of amides is 2. The number of halogens is 2. The highest BCUT2D eigenvalue weighted by Crippen LogP contribution is 2.24. The van der Waals surface area contributed by atoms with E-state index in [1.54, 1.807) is 60.5 Å². The minimum atomic E-state index is -0.867. The lowest BCUT2D eigenvalue weighted by Gasteiger charge is -2.11. The number of para-hydroxylation sites is 1. The molecule has 0 radical (unpaired) electrons. The third-order valence-electron chi connectivity index (χ3n) is 4.11. The Labute approximate surface area is 175 Å². The van der Waals surface area contributed by atoms with Gasteiger partial charge in [0.2, 0.25) is 5.88 Å². The standard InChI is InChI=1S/C21H16F2N6O2/c1-13-25-18(29-10-9-24-12-29)11-19(26-13)31-15-7-5-14(6-8-15)27-21(30)28-20-16(22)3-2-4-17(20)23/h2-12H,1H3,(H2,27,28,30). The van der Waals surface area contributed by atoms with E-state index in [4.69, 9.17) is 4.74 Å². The van der Waals surface area contributed by atoms with Gasteiger partial charge in [-0.05, 0) is 43.3 Å². The first-order valence-corrected chi connectivity index (χ1v) is 9.12. The number of rotatable bonds is 5. The molecule has 0 spiro atoms. The predicted octanol–water partition coefficient (Wildman–Crippen LogP) is 4.69. The van der Waals surface area contributed by atoms with Crippen LogP contribution in [0.5, 0.6) is 11.6 Å². The summed E-state index contributed by atoms with van der Waals surface area (Å²) in [6, 6.07) is 10.6. The van der Waals surface area contributed by atoms with Gasteiger partial charge in [0.25, 0.3) is 0 Å². The van der Waals surface area contributed by atoms with Gasteiger partial charge in [0, 0.05) is 24.1 Å². The molecule has 4 rings (SSSR count). The van der Waals surface area contributed by atoms with Crippen LogP contribution < -0.4 is 15.4 Å². The van der Waals surface area contributed by atoms with E-state index in [0.717, 1.165) is 12.1 Å². The average molecular weight is 422 g/mol. The van der Waals surface area contributed by atoms with Crippen molar-refractivity contribution in [3.63, 3.8) is 0 Å². The van der Waals surface area contributed by atoms with Crippen molar-refractivity contribution in [1.82, 2.24) is 19.5 Å². The number of carbonyl (C=O) groups excluding carboxylic acids is 1. The number of imidazole rings is 1. The molecule has 4 aromatic rings. The summed E-state index contributed by atoms with van der Waals surface area (Å²) in [5.74, 6) is 0.209. The molecule has 2 amide bonds. The van der Waals surface area contributed by atoms with Crippen molar-refractivity contribution >= 4 is 17.4 Å². The van der Waals surface area contributed by atoms with Gasteiger partial charge in [0.05, 0.1) is 0 Å². The fraction of sp³-hybridized carbons (Fsp3) is 0.0476. The molecule has 2 heterocycles. The number of ether oxygens (including phenoxy) is 1. The number of nitrogens with one attached hydrogen (secondary N) is 2. The summed E-state index contributed by atoms with van der Waals surface area (Å²) in [4.78, 5) is 24.6. The van der Waals surface area contributed by atoms with Crippen molar-refractivity contribution in [3.8, 4) is 17.4 Å². The molecule has 156 valence electrons. The number of aromatic nitrogens is 4. The quantitative estimate of drug-likeness (QED) is 0.487. The molecule has 0 aliphatic carbocycles. The van der Waals surface area contributed by atoms with Gasteiger partial charge in [-0.1, -0.05) is 6.07 Å². The fourth-order valence-electron chi connectivity index (χ4n) is 2.72. The van der Waals surface area contributed by atoms with Crippen molar-refractivity contribution in [2.45, 2.75) is 6.92 Å². The minimum Gasteiger partial charge on any atom is -0.439 e. The maximum atomic E-state index is 13.6. The Morgan fingerprint density at radius 1 is 1.03 bits per heavy atom. The van der Waals surface area contributed by atoms with Crippen molar-refractivity contribution < 1.29 is 18.3 Å². The van der Waals surface area contributed by atoms with Crippen molar-refractivity contribution in [2.24, 2.45) is 0 Å². The number of anilines is 2. The van der Waals surface area contributed by atoms with Gasteiger partial charge in [0.15, 0.2) is 0 Å². The van der Waals surface area contributed by atoms with Crippen molar-refractivity contribution in [2.75, 3.05) is 10.6 Å². The highest BCUT2D eigenvalue weighted by molar-refractivity contribution is 5.99. The minimum absolute atomic E-state index is 0.338. The average Bonchev–Trinajstić information content (AvgIpc) is 3.27. The Bertz CT molecular complexity index is 1190. The largest absolute Gasteiger partial charge is 0.439 e. The highest BCUT2D eigenvalue weighted by Gasteiger charge is 2.12. The molecule has 2 aromatic carbocycles. The number of nitrogens with zero attached hydrogens (tertiary/aromatic N) is 4. The molecule has 0 aliphatic rings. The van der Waals surface area contributed by atoms with Gasteiger partial charge in [-0.25, -0.2) is 23.5 Å². The van der Waals surface area contributed by atoms with E-state index in [2.05, 4.69) is 25.6 Å². The van der Waals surface area contributed by atoms with Gasteiger partial charge in [-0.3, -0.25) is 4.57 Å². The summed E-state index contributed by atoms with van der Waals surface area (Å²) < 4.78 is 34.8. The zero-order chi connectivity index (χ0) is 21.8. The van der Waals surface area contributed by atoms with E-state index < -0.39 is 23.4 Å². The third kappa shape index (κ3) is 4.81. The molecule has 31 heavy (non-hydrogen) atoms. The molecule has 2 N–H and O–H groups in total. The normalized spacial score (nSPS) is 10.5. The number of urea groups is 1. The Morgan fingerprint density at radius 2 is 1.77 bits per heavy atom. The molecule has 0 saturated heterocycles. The van der Waals surface area contributed by atoms with Crippen LogP contribution in [0.1, 0.15) is 5.82 Å². The molecular weight excluding hydrogens is 406 g/mol. The maximum Gasteiger partial charge on any atom is 0.323 e. The van der Waals surface area contributed by atoms with Crippen LogP contribution in [0.2, 0.25) is 0 Å². The van der Waals surface area contributed by atoms with Crippen LogP contribution in [0.3, 0.4) is 0 Å². The van der Waals surface area contributed by atoms with E-state index in [1.165, 1.54) is 6.07 Å². The first-order valence-electron chi connectivity index (χ1n) is 9.12. The fourth-order valence-corrected chi connectivity index (χ4v) is 2.72. The molecule has 2 aromatic heterocycles. The Hall–Kier alpha value is -4.34. The van der Waals surface area contributed by atoms with Gasteiger partial charge < -0.3 is 15.4 Å². The highest BCUT2D eigenvalue weighted by atomic mass is 19.1.